The lowest BCUT2D eigenvalue weighted by molar-refractivity contribution is 0.103. The number of carbonyl (C=O) groups excluding carboxylic acids is 1. The maximum atomic E-state index is 12.8. The number of hydrogen-bond donors (Lipinski definition) is 0. The van der Waals surface area contributed by atoms with Crippen LogP contribution in [0.3, 0.4) is 0 Å². The molecule has 22 heavy (non-hydrogen) atoms. The average Bonchev–Trinajstić information content (AvgIpc) is 3.22. The summed E-state index contributed by atoms with van der Waals surface area (Å²) < 4.78 is 1.81. The lowest BCUT2D eigenvalue weighted by Crippen LogP contribution is -2.10. The maximum Gasteiger partial charge on any atom is 0.234 e. The van der Waals surface area contributed by atoms with E-state index < -0.39 is 0 Å². The van der Waals surface area contributed by atoms with Crippen molar-refractivity contribution in [2.75, 3.05) is 0 Å². The fourth-order valence-corrected chi connectivity index (χ4v) is 3.12. The minimum absolute atomic E-state index is 0.0232. The number of ketones is 1. The molecule has 0 N–H and O–H groups in total. The molecule has 0 radical (unpaired) electrons. The first-order chi connectivity index (χ1) is 10.8. The molecule has 0 saturated carbocycles. The summed E-state index contributed by atoms with van der Waals surface area (Å²) in [7, 11) is 0. The standard InChI is InChI=1S/C17H11N3OS/c21-16(13-6-9-22-11-13)15-10-12-4-1-2-5-14(12)20(15)17-18-7-3-8-19-17/h1-11H. The van der Waals surface area contributed by atoms with Crippen LogP contribution in [0.4, 0.5) is 0 Å². The zero-order chi connectivity index (χ0) is 14.9. The molecule has 0 unspecified atom stereocenters. The summed E-state index contributed by atoms with van der Waals surface area (Å²) in [5.41, 5.74) is 2.18. The summed E-state index contributed by atoms with van der Waals surface area (Å²) in [6, 6.07) is 13.3. The van der Waals surface area contributed by atoms with Crippen LogP contribution in [0.2, 0.25) is 0 Å². The zero-order valence-electron chi connectivity index (χ0n) is 11.5. The summed E-state index contributed by atoms with van der Waals surface area (Å²) in [5.74, 6) is 0.479. The molecule has 0 saturated heterocycles. The topological polar surface area (TPSA) is 47.8 Å². The number of para-hydroxylation sites is 1. The molecule has 0 bridgehead atoms. The largest absolute Gasteiger partial charge is 0.287 e. The fourth-order valence-electron chi connectivity index (χ4n) is 2.49. The number of hydrogen-bond acceptors (Lipinski definition) is 4. The SMILES string of the molecule is O=C(c1ccsc1)c1cc2ccccc2n1-c1ncccn1. The van der Waals surface area contributed by atoms with Gasteiger partial charge in [-0.25, -0.2) is 9.97 Å². The van der Waals surface area contributed by atoms with Gasteiger partial charge in [0.15, 0.2) is 0 Å². The van der Waals surface area contributed by atoms with Gasteiger partial charge in [0.05, 0.1) is 11.2 Å². The molecule has 5 heteroatoms. The van der Waals surface area contributed by atoms with E-state index in [2.05, 4.69) is 9.97 Å². The van der Waals surface area contributed by atoms with Gasteiger partial charge in [-0.05, 0) is 29.6 Å². The van der Waals surface area contributed by atoms with Gasteiger partial charge < -0.3 is 0 Å². The van der Waals surface area contributed by atoms with Crippen LogP contribution >= 0.6 is 11.3 Å². The number of carbonyl (C=O) groups is 1. The summed E-state index contributed by atoms with van der Waals surface area (Å²) in [6.45, 7) is 0. The Bertz CT molecular complexity index is 943. The first-order valence-corrected chi connectivity index (χ1v) is 7.73. The van der Waals surface area contributed by atoms with Crippen molar-refractivity contribution in [1.29, 1.82) is 0 Å². The maximum absolute atomic E-state index is 12.8. The van der Waals surface area contributed by atoms with E-state index >= 15 is 0 Å². The minimum atomic E-state index is -0.0232. The van der Waals surface area contributed by atoms with Crippen molar-refractivity contribution in [3.8, 4) is 5.95 Å². The van der Waals surface area contributed by atoms with Crippen molar-refractivity contribution in [3.63, 3.8) is 0 Å². The number of rotatable bonds is 3. The van der Waals surface area contributed by atoms with Crippen molar-refractivity contribution < 1.29 is 4.79 Å². The third kappa shape index (κ3) is 2.03. The van der Waals surface area contributed by atoms with E-state index in [1.807, 2.05) is 51.7 Å². The third-order valence-corrected chi connectivity index (χ3v) is 4.16. The van der Waals surface area contributed by atoms with Gasteiger partial charge in [-0.2, -0.15) is 11.3 Å². The van der Waals surface area contributed by atoms with Crippen LogP contribution in [0.25, 0.3) is 16.9 Å². The van der Waals surface area contributed by atoms with Crippen LogP contribution in [0, 0.1) is 0 Å². The van der Waals surface area contributed by atoms with Gasteiger partial charge in [-0.3, -0.25) is 9.36 Å². The molecule has 0 aliphatic rings. The monoisotopic (exact) mass is 305 g/mol. The van der Waals surface area contributed by atoms with Gasteiger partial charge in [-0.15, -0.1) is 0 Å². The Kier molecular flexibility index (Phi) is 3.05. The van der Waals surface area contributed by atoms with Crippen molar-refractivity contribution >= 4 is 28.0 Å². The van der Waals surface area contributed by atoms with Crippen molar-refractivity contribution in [2.45, 2.75) is 0 Å². The van der Waals surface area contributed by atoms with Crippen LogP contribution in [-0.2, 0) is 0 Å². The second-order valence-corrected chi connectivity index (χ2v) is 5.59. The van der Waals surface area contributed by atoms with E-state index in [1.54, 1.807) is 18.5 Å². The van der Waals surface area contributed by atoms with E-state index in [0.717, 1.165) is 10.9 Å². The summed E-state index contributed by atoms with van der Waals surface area (Å²) in [6.07, 6.45) is 3.35. The highest BCUT2D eigenvalue weighted by atomic mass is 32.1. The number of fused-ring (bicyclic) bond motifs is 1. The second kappa shape index (κ2) is 5.20. The number of nitrogens with zero attached hydrogens (tertiary/aromatic N) is 3. The van der Waals surface area contributed by atoms with Gasteiger partial charge >= 0.3 is 0 Å². The number of benzene rings is 1. The molecule has 4 nitrogen and oxygen atoms in total. The van der Waals surface area contributed by atoms with E-state index in [0.29, 0.717) is 17.2 Å². The number of thiophene rings is 1. The average molecular weight is 305 g/mol. The summed E-state index contributed by atoms with van der Waals surface area (Å²) >= 11 is 1.51. The first-order valence-electron chi connectivity index (χ1n) is 6.79. The molecule has 0 fully saturated rings. The van der Waals surface area contributed by atoms with Gasteiger partial charge in [0.2, 0.25) is 11.7 Å². The highest BCUT2D eigenvalue weighted by Gasteiger charge is 2.19. The molecule has 4 aromatic rings. The van der Waals surface area contributed by atoms with Crippen molar-refractivity contribution in [1.82, 2.24) is 14.5 Å². The fraction of sp³-hybridized carbons (Fsp3) is 0. The number of aromatic nitrogens is 3. The third-order valence-electron chi connectivity index (χ3n) is 3.48. The van der Waals surface area contributed by atoms with Crippen LogP contribution in [0.1, 0.15) is 16.1 Å². The Morgan fingerprint density at radius 2 is 1.86 bits per heavy atom. The molecule has 0 atom stereocenters. The summed E-state index contributed by atoms with van der Waals surface area (Å²) in [5, 5.41) is 4.75. The molecule has 1 aromatic carbocycles. The Morgan fingerprint density at radius 1 is 1.05 bits per heavy atom. The molecule has 106 valence electrons. The van der Waals surface area contributed by atoms with Gasteiger partial charge in [0, 0.05) is 28.7 Å². The molecule has 0 spiro atoms. The molecule has 0 amide bonds. The van der Waals surface area contributed by atoms with E-state index in [4.69, 9.17) is 0 Å². The normalized spacial score (nSPS) is 10.9. The van der Waals surface area contributed by atoms with E-state index in [-0.39, 0.29) is 5.78 Å². The lowest BCUT2D eigenvalue weighted by atomic mass is 10.1. The predicted molar refractivity (Wildman–Crippen MR) is 86.6 cm³/mol. The molecule has 3 heterocycles. The Hall–Kier alpha value is -2.79. The minimum Gasteiger partial charge on any atom is -0.287 e. The van der Waals surface area contributed by atoms with E-state index in [9.17, 15) is 4.79 Å². The second-order valence-electron chi connectivity index (χ2n) is 4.81. The Morgan fingerprint density at radius 3 is 2.64 bits per heavy atom. The van der Waals surface area contributed by atoms with E-state index in [1.165, 1.54) is 11.3 Å². The highest BCUT2D eigenvalue weighted by Crippen LogP contribution is 2.25. The molecule has 0 aliphatic carbocycles. The predicted octanol–water partition coefficient (Wildman–Crippen LogP) is 3.71. The molecule has 4 rings (SSSR count). The van der Waals surface area contributed by atoms with Crippen LogP contribution in [0.5, 0.6) is 0 Å². The lowest BCUT2D eigenvalue weighted by Gasteiger charge is -2.07. The summed E-state index contributed by atoms with van der Waals surface area (Å²) in [4.78, 5) is 21.4. The van der Waals surface area contributed by atoms with Crippen LogP contribution in [-0.4, -0.2) is 20.3 Å². The quantitative estimate of drug-likeness (QED) is 0.542. The highest BCUT2D eigenvalue weighted by molar-refractivity contribution is 7.08. The van der Waals surface area contributed by atoms with Gasteiger partial charge in [0.25, 0.3) is 0 Å². The van der Waals surface area contributed by atoms with Gasteiger partial charge in [0.1, 0.15) is 0 Å². The van der Waals surface area contributed by atoms with Gasteiger partial charge in [-0.1, -0.05) is 18.2 Å². The zero-order valence-corrected chi connectivity index (χ0v) is 12.3. The van der Waals surface area contributed by atoms with Crippen molar-refractivity contribution in [3.05, 3.63) is 76.9 Å². The smallest absolute Gasteiger partial charge is 0.234 e. The van der Waals surface area contributed by atoms with Crippen LogP contribution < -0.4 is 0 Å². The first kappa shape index (κ1) is 12.9. The van der Waals surface area contributed by atoms with Crippen molar-refractivity contribution in [2.24, 2.45) is 0 Å². The molecular formula is C17H11N3OS. The molecule has 3 aromatic heterocycles. The molecular weight excluding hydrogens is 294 g/mol. The Labute approximate surface area is 130 Å². The Balaban J connectivity index is 2.00. The molecule has 0 aliphatic heterocycles. The van der Waals surface area contributed by atoms with Crippen LogP contribution in [0.15, 0.2) is 65.6 Å².